The van der Waals surface area contributed by atoms with Gasteiger partial charge in [-0.1, -0.05) is 43.9 Å². The summed E-state index contributed by atoms with van der Waals surface area (Å²) in [5.74, 6) is -0.548. The van der Waals surface area contributed by atoms with Crippen LogP contribution < -0.4 is 10.6 Å². The van der Waals surface area contributed by atoms with Gasteiger partial charge in [-0.25, -0.2) is 0 Å². The Balaban J connectivity index is 1.20. The molecule has 2 N–H and O–H groups in total. The second-order valence-corrected chi connectivity index (χ2v) is 8.76. The molecule has 4 rings (SSSR count). The van der Waals surface area contributed by atoms with Crippen molar-refractivity contribution in [1.82, 2.24) is 15.5 Å². The maximum Gasteiger partial charge on any atom is 0.309 e. The summed E-state index contributed by atoms with van der Waals surface area (Å²) in [6, 6.07) is 9.49. The molecule has 1 aliphatic carbocycles. The standard InChI is InChI=1S/C24H31N3O4/c28-22(23(29)26-19-8-3-1-2-4-9-19)25-16-17-11-13-27(14-12-17)24(30)21-15-18-7-5-6-10-20(18)31-21/h5-7,10,15,17,19H,1-4,8-9,11-14,16H2,(H,25,28)(H,26,29). The lowest BCUT2D eigenvalue weighted by molar-refractivity contribution is -0.139. The first-order valence-electron chi connectivity index (χ1n) is 11.5. The van der Waals surface area contributed by atoms with Crippen molar-refractivity contribution >= 4 is 28.7 Å². The molecule has 31 heavy (non-hydrogen) atoms. The van der Waals surface area contributed by atoms with E-state index in [4.69, 9.17) is 4.42 Å². The summed E-state index contributed by atoms with van der Waals surface area (Å²) in [6.45, 7) is 1.69. The van der Waals surface area contributed by atoms with Crippen LogP contribution in [0.25, 0.3) is 11.0 Å². The van der Waals surface area contributed by atoms with E-state index >= 15 is 0 Å². The minimum atomic E-state index is -0.551. The number of furan rings is 1. The lowest BCUT2D eigenvalue weighted by Crippen LogP contribution is -2.47. The van der Waals surface area contributed by atoms with E-state index in [2.05, 4.69) is 10.6 Å². The number of carbonyl (C=O) groups excluding carboxylic acids is 3. The molecular formula is C24H31N3O4. The van der Waals surface area contributed by atoms with Gasteiger partial charge >= 0.3 is 11.8 Å². The number of piperidine rings is 1. The number of benzene rings is 1. The molecule has 2 aromatic rings. The molecule has 2 aliphatic rings. The molecule has 1 aromatic carbocycles. The quantitative estimate of drug-likeness (QED) is 0.581. The van der Waals surface area contributed by atoms with Gasteiger partial charge in [-0.05, 0) is 43.7 Å². The van der Waals surface area contributed by atoms with E-state index in [1.54, 1.807) is 11.0 Å². The Labute approximate surface area is 182 Å². The third-order valence-electron chi connectivity index (χ3n) is 6.49. The van der Waals surface area contributed by atoms with Crippen molar-refractivity contribution in [3.05, 3.63) is 36.1 Å². The fourth-order valence-corrected chi connectivity index (χ4v) is 4.58. The van der Waals surface area contributed by atoms with Gasteiger partial charge in [0.15, 0.2) is 5.76 Å². The first-order chi connectivity index (χ1) is 15.1. The summed E-state index contributed by atoms with van der Waals surface area (Å²) < 4.78 is 5.69. The van der Waals surface area contributed by atoms with Crippen molar-refractivity contribution in [2.45, 2.75) is 57.4 Å². The Morgan fingerprint density at radius 3 is 2.35 bits per heavy atom. The second-order valence-electron chi connectivity index (χ2n) is 8.76. The number of hydrogen-bond donors (Lipinski definition) is 2. The molecular weight excluding hydrogens is 394 g/mol. The van der Waals surface area contributed by atoms with Crippen molar-refractivity contribution in [3.8, 4) is 0 Å². The van der Waals surface area contributed by atoms with Crippen LogP contribution in [-0.2, 0) is 9.59 Å². The number of carbonyl (C=O) groups is 3. The average Bonchev–Trinajstić information content (AvgIpc) is 3.07. The molecule has 0 unspecified atom stereocenters. The van der Waals surface area contributed by atoms with Crippen LogP contribution >= 0.6 is 0 Å². The van der Waals surface area contributed by atoms with Crippen molar-refractivity contribution in [2.24, 2.45) is 5.92 Å². The fourth-order valence-electron chi connectivity index (χ4n) is 4.58. The molecule has 7 heteroatoms. The molecule has 1 saturated carbocycles. The Kier molecular flexibility index (Phi) is 6.89. The first-order valence-corrected chi connectivity index (χ1v) is 11.5. The highest BCUT2D eigenvalue weighted by Crippen LogP contribution is 2.23. The van der Waals surface area contributed by atoms with Gasteiger partial charge in [-0.3, -0.25) is 14.4 Å². The summed E-state index contributed by atoms with van der Waals surface area (Å²) in [7, 11) is 0. The lowest BCUT2D eigenvalue weighted by Gasteiger charge is -2.31. The third kappa shape index (κ3) is 5.46. The normalized spacial score (nSPS) is 18.5. The molecule has 1 aromatic heterocycles. The first kappa shape index (κ1) is 21.4. The van der Waals surface area contributed by atoms with E-state index in [1.165, 1.54) is 12.8 Å². The summed E-state index contributed by atoms with van der Waals surface area (Å²) >= 11 is 0. The number of amides is 3. The third-order valence-corrected chi connectivity index (χ3v) is 6.49. The molecule has 7 nitrogen and oxygen atoms in total. The molecule has 0 bridgehead atoms. The molecule has 3 amide bonds. The fraction of sp³-hybridized carbons (Fsp3) is 0.542. The van der Waals surface area contributed by atoms with Crippen LogP contribution in [0.3, 0.4) is 0 Å². The maximum absolute atomic E-state index is 12.8. The molecule has 0 spiro atoms. The Morgan fingerprint density at radius 1 is 0.935 bits per heavy atom. The number of nitrogens with one attached hydrogen (secondary N) is 2. The molecule has 2 heterocycles. The van der Waals surface area contributed by atoms with Gasteiger partial charge in [0.05, 0.1) is 0 Å². The predicted molar refractivity (Wildman–Crippen MR) is 117 cm³/mol. The summed E-state index contributed by atoms with van der Waals surface area (Å²) in [4.78, 5) is 38.9. The van der Waals surface area contributed by atoms with Crippen LogP contribution in [0.15, 0.2) is 34.7 Å². The van der Waals surface area contributed by atoms with E-state index in [-0.39, 0.29) is 17.9 Å². The van der Waals surface area contributed by atoms with E-state index in [1.807, 2.05) is 24.3 Å². The highest BCUT2D eigenvalue weighted by atomic mass is 16.3. The molecule has 0 radical (unpaired) electrons. The minimum Gasteiger partial charge on any atom is -0.451 e. The number of fused-ring (bicyclic) bond motifs is 1. The van der Waals surface area contributed by atoms with Gasteiger partial charge < -0.3 is 20.0 Å². The van der Waals surface area contributed by atoms with Gasteiger partial charge in [0.2, 0.25) is 0 Å². The number of rotatable bonds is 4. The topological polar surface area (TPSA) is 91.7 Å². The van der Waals surface area contributed by atoms with Crippen molar-refractivity contribution in [2.75, 3.05) is 19.6 Å². The second kappa shape index (κ2) is 9.98. The SMILES string of the molecule is O=C(NCC1CCN(C(=O)c2cc3ccccc3o2)CC1)C(=O)NC1CCCCCC1. The zero-order chi connectivity index (χ0) is 21.6. The van der Waals surface area contributed by atoms with E-state index in [0.29, 0.717) is 31.0 Å². The Hall–Kier alpha value is -2.83. The Bertz CT molecular complexity index is 889. The highest BCUT2D eigenvalue weighted by Gasteiger charge is 2.27. The smallest absolute Gasteiger partial charge is 0.309 e. The number of hydrogen-bond acceptors (Lipinski definition) is 4. The van der Waals surface area contributed by atoms with Gasteiger partial charge in [0.1, 0.15) is 5.58 Å². The van der Waals surface area contributed by atoms with Crippen LogP contribution in [0.2, 0.25) is 0 Å². The molecule has 1 saturated heterocycles. The van der Waals surface area contributed by atoms with Crippen LogP contribution in [0, 0.1) is 5.92 Å². The molecule has 0 atom stereocenters. The number of likely N-dealkylation sites (tertiary alicyclic amines) is 1. The monoisotopic (exact) mass is 425 g/mol. The van der Waals surface area contributed by atoms with Crippen LogP contribution in [-0.4, -0.2) is 48.3 Å². The van der Waals surface area contributed by atoms with E-state index < -0.39 is 11.8 Å². The molecule has 1 aliphatic heterocycles. The van der Waals surface area contributed by atoms with Gasteiger partial charge in [0.25, 0.3) is 5.91 Å². The summed E-state index contributed by atoms with van der Waals surface area (Å²) in [5, 5.41) is 6.58. The van der Waals surface area contributed by atoms with Crippen molar-refractivity contribution < 1.29 is 18.8 Å². The summed E-state index contributed by atoms with van der Waals surface area (Å²) in [5.41, 5.74) is 0.713. The number of para-hydroxylation sites is 1. The van der Waals surface area contributed by atoms with Crippen LogP contribution in [0.4, 0.5) is 0 Å². The molecule has 166 valence electrons. The van der Waals surface area contributed by atoms with Crippen molar-refractivity contribution in [3.63, 3.8) is 0 Å². The van der Waals surface area contributed by atoms with E-state index in [0.717, 1.165) is 43.9 Å². The van der Waals surface area contributed by atoms with Crippen LogP contribution in [0.1, 0.15) is 61.9 Å². The predicted octanol–water partition coefficient (Wildman–Crippen LogP) is 3.24. The Morgan fingerprint density at radius 2 is 1.65 bits per heavy atom. The largest absolute Gasteiger partial charge is 0.451 e. The summed E-state index contributed by atoms with van der Waals surface area (Å²) in [6.07, 6.45) is 8.11. The maximum atomic E-state index is 12.8. The van der Waals surface area contributed by atoms with Gasteiger partial charge in [0, 0.05) is 31.1 Å². The van der Waals surface area contributed by atoms with E-state index in [9.17, 15) is 14.4 Å². The average molecular weight is 426 g/mol. The highest BCUT2D eigenvalue weighted by molar-refractivity contribution is 6.35. The lowest BCUT2D eigenvalue weighted by atomic mass is 9.96. The minimum absolute atomic E-state index is 0.0959. The van der Waals surface area contributed by atoms with Crippen molar-refractivity contribution in [1.29, 1.82) is 0 Å². The van der Waals surface area contributed by atoms with Gasteiger partial charge in [-0.2, -0.15) is 0 Å². The zero-order valence-electron chi connectivity index (χ0n) is 17.9. The van der Waals surface area contributed by atoms with Crippen LogP contribution in [0.5, 0.6) is 0 Å². The zero-order valence-corrected chi connectivity index (χ0v) is 17.9. The number of nitrogens with zero attached hydrogens (tertiary/aromatic N) is 1. The van der Waals surface area contributed by atoms with Gasteiger partial charge in [-0.15, -0.1) is 0 Å². The molecule has 2 fully saturated rings.